The van der Waals surface area contributed by atoms with Crippen LogP contribution in [0.1, 0.15) is 38.3 Å². The second-order valence-electron chi connectivity index (χ2n) is 8.13. The molecule has 3 amide bonds. The highest BCUT2D eigenvalue weighted by atomic mass is 16.5. The van der Waals surface area contributed by atoms with Gasteiger partial charge in [0.25, 0.3) is 0 Å². The Kier molecular flexibility index (Phi) is 12.0. The zero-order valence-corrected chi connectivity index (χ0v) is 19.9. The van der Waals surface area contributed by atoms with Crippen LogP contribution in [0.2, 0.25) is 0 Å². The standard InChI is InChI=1S/C22H23N3O4.C4H10/c1-15-3-8-17(9-4-15)18-10-5-16(6-11-18)7-12-19(13-20(26)25-29)22(28)24-14-21(27)23-2;1-4(2)3/h3-6,8-11,19,29H,13-14H2,1-2H3,(H,23,27)(H,24,28)(H,25,26);4H,1-3H3. The summed E-state index contributed by atoms with van der Waals surface area (Å²) in [6, 6.07) is 15.7. The molecule has 2 aromatic rings. The van der Waals surface area contributed by atoms with Crippen molar-refractivity contribution >= 4 is 17.7 Å². The van der Waals surface area contributed by atoms with Crippen LogP contribution in [0.3, 0.4) is 0 Å². The lowest BCUT2D eigenvalue weighted by Crippen LogP contribution is -2.39. The predicted octanol–water partition coefficient (Wildman–Crippen LogP) is 3.05. The van der Waals surface area contributed by atoms with Crippen molar-refractivity contribution in [3.63, 3.8) is 0 Å². The van der Waals surface area contributed by atoms with E-state index in [9.17, 15) is 14.4 Å². The molecular weight excluding hydrogens is 418 g/mol. The van der Waals surface area contributed by atoms with E-state index < -0.39 is 17.7 Å². The summed E-state index contributed by atoms with van der Waals surface area (Å²) in [5.74, 6) is 3.76. The van der Waals surface area contributed by atoms with E-state index in [0.717, 1.165) is 17.0 Å². The lowest BCUT2D eigenvalue weighted by atomic mass is 10.0. The van der Waals surface area contributed by atoms with Crippen LogP contribution >= 0.6 is 0 Å². The molecule has 7 nitrogen and oxygen atoms in total. The summed E-state index contributed by atoms with van der Waals surface area (Å²) in [7, 11) is 1.45. The van der Waals surface area contributed by atoms with Gasteiger partial charge < -0.3 is 10.6 Å². The minimum absolute atomic E-state index is 0.223. The van der Waals surface area contributed by atoms with E-state index in [1.54, 1.807) is 0 Å². The number of rotatable bonds is 6. The molecule has 0 bridgehead atoms. The quantitative estimate of drug-likeness (QED) is 0.308. The van der Waals surface area contributed by atoms with Gasteiger partial charge in [-0.3, -0.25) is 19.6 Å². The Bertz CT molecular complexity index is 969. The summed E-state index contributed by atoms with van der Waals surface area (Å²) in [6.07, 6.45) is -0.329. The van der Waals surface area contributed by atoms with Crippen LogP contribution in [0, 0.1) is 30.6 Å². The third-order valence-corrected chi connectivity index (χ3v) is 4.19. The SMILES string of the molecule is CC(C)C.CNC(=O)CNC(=O)C(C#Cc1ccc(-c2ccc(C)cc2)cc1)CC(=O)NO. The molecule has 0 fully saturated rings. The summed E-state index contributed by atoms with van der Waals surface area (Å²) in [4.78, 5) is 35.0. The molecule has 0 heterocycles. The Morgan fingerprint density at radius 1 is 0.909 bits per heavy atom. The molecule has 0 aliphatic heterocycles. The van der Waals surface area contributed by atoms with Crippen LogP contribution in [-0.2, 0) is 14.4 Å². The number of amides is 3. The van der Waals surface area contributed by atoms with E-state index >= 15 is 0 Å². The zero-order chi connectivity index (χ0) is 24.8. The maximum Gasteiger partial charge on any atom is 0.245 e. The first-order valence-corrected chi connectivity index (χ1v) is 10.8. The average molecular weight is 452 g/mol. The first-order valence-electron chi connectivity index (χ1n) is 10.8. The van der Waals surface area contributed by atoms with Gasteiger partial charge in [0, 0.05) is 12.6 Å². The molecule has 0 aliphatic rings. The number of hydroxylamine groups is 1. The monoisotopic (exact) mass is 451 g/mol. The van der Waals surface area contributed by atoms with E-state index in [1.165, 1.54) is 18.1 Å². The van der Waals surface area contributed by atoms with Crippen LogP contribution in [0.5, 0.6) is 0 Å². The molecule has 1 unspecified atom stereocenters. The molecule has 0 aliphatic carbocycles. The van der Waals surface area contributed by atoms with Crippen molar-refractivity contribution in [3.05, 3.63) is 59.7 Å². The first-order chi connectivity index (χ1) is 15.7. The molecule has 176 valence electrons. The smallest absolute Gasteiger partial charge is 0.245 e. The highest BCUT2D eigenvalue weighted by Crippen LogP contribution is 2.20. The van der Waals surface area contributed by atoms with E-state index in [-0.39, 0.29) is 18.9 Å². The van der Waals surface area contributed by atoms with Gasteiger partial charge in [0.1, 0.15) is 5.92 Å². The van der Waals surface area contributed by atoms with Crippen LogP contribution in [0.15, 0.2) is 48.5 Å². The predicted molar refractivity (Wildman–Crippen MR) is 129 cm³/mol. The van der Waals surface area contributed by atoms with Gasteiger partial charge in [-0.1, -0.05) is 74.6 Å². The largest absolute Gasteiger partial charge is 0.358 e. The van der Waals surface area contributed by atoms with Crippen LogP contribution in [-0.4, -0.2) is 36.5 Å². The number of aryl methyl sites for hydroxylation is 1. The Morgan fingerprint density at radius 3 is 1.91 bits per heavy atom. The van der Waals surface area contributed by atoms with Gasteiger partial charge in [-0.15, -0.1) is 0 Å². The highest BCUT2D eigenvalue weighted by Gasteiger charge is 2.20. The topological polar surface area (TPSA) is 108 Å². The van der Waals surface area contributed by atoms with E-state index in [2.05, 4.69) is 43.2 Å². The van der Waals surface area contributed by atoms with Crippen molar-refractivity contribution in [2.24, 2.45) is 11.8 Å². The molecule has 2 aromatic carbocycles. The zero-order valence-electron chi connectivity index (χ0n) is 19.9. The lowest BCUT2D eigenvalue weighted by molar-refractivity contribution is -0.133. The fourth-order valence-corrected chi connectivity index (χ4v) is 2.48. The maximum absolute atomic E-state index is 12.2. The van der Waals surface area contributed by atoms with Crippen molar-refractivity contribution in [2.45, 2.75) is 34.1 Å². The van der Waals surface area contributed by atoms with E-state index in [1.807, 2.05) is 55.5 Å². The number of benzene rings is 2. The molecule has 1 atom stereocenters. The first kappa shape index (κ1) is 27.4. The van der Waals surface area contributed by atoms with E-state index in [4.69, 9.17) is 5.21 Å². The third kappa shape index (κ3) is 11.0. The van der Waals surface area contributed by atoms with Crippen molar-refractivity contribution in [2.75, 3.05) is 13.6 Å². The van der Waals surface area contributed by atoms with Crippen LogP contribution < -0.4 is 16.1 Å². The second-order valence-corrected chi connectivity index (χ2v) is 8.13. The third-order valence-electron chi connectivity index (χ3n) is 4.19. The van der Waals surface area contributed by atoms with Gasteiger partial charge in [0.15, 0.2) is 0 Å². The molecular formula is C26H33N3O4. The fourth-order valence-electron chi connectivity index (χ4n) is 2.48. The summed E-state index contributed by atoms with van der Waals surface area (Å²) in [6.45, 7) is 8.31. The van der Waals surface area contributed by atoms with Crippen molar-refractivity contribution in [3.8, 4) is 23.0 Å². The molecule has 2 rings (SSSR count). The number of nitrogens with one attached hydrogen (secondary N) is 3. The number of carbonyl (C=O) groups is 3. The Balaban J connectivity index is 0.00000125. The van der Waals surface area contributed by atoms with Gasteiger partial charge in [-0.25, -0.2) is 5.48 Å². The minimum atomic E-state index is -1.01. The highest BCUT2D eigenvalue weighted by molar-refractivity contribution is 5.90. The van der Waals surface area contributed by atoms with Gasteiger partial charge in [0.2, 0.25) is 17.7 Å². The summed E-state index contributed by atoms with van der Waals surface area (Å²) in [5.41, 5.74) is 5.47. The Morgan fingerprint density at radius 2 is 1.42 bits per heavy atom. The van der Waals surface area contributed by atoms with Crippen molar-refractivity contribution < 1.29 is 19.6 Å². The van der Waals surface area contributed by atoms with Gasteiger partial charge in [0.05, 0.1) is 13.0 Å². The van der Waals surface area contributed by atoms with Crippen molar-refractivity contribution in [1.82, 2.24) is 16.1 Å². The Labute approximate surface area is 195 Å². The summed E-state index contributed by atoms with van der Waals surface area (Å²) < 4.78 is 0. The summed E-state index contributed by atoms with van der Waals surface area (Å²) in [5, 5.41) is 13.5. The van der Waals surface area contributed by atoms with Crippen molar-refractivity contribution in [1.29, 1.82) is 0 Å². The lowest BCUT2D eigenvalue weighted by Gasteiger charge is -2.10. The van der Waals surface area contributed by atoms with Crippen LogP contribution in [0.25, 0.3) is 11.1 Å². The fraction of sp³-hybridized carbons (Fsp3) is 0.346. The minimum Gasteiger partial charge on any atom is -0.358 e. The average Bonchev–Trinajstić information content (AvgIpc) is 2.80. The van der Waals surface area contributed by atoms with E-state index in [0.29, 0.717) is 5.56 Å². The molecule has 0 spiro atoms. The van der Waals surface area contributed by atoms with Gasteiger partial charge in [-0.05, 0) is 36.1 Å². The van der Waals surface area contributed by atoms with Gasteiger partial charge in [-0.2, -0.15) is 0 Å². The number of hydrogen-bond donors (Lipinski definition) is 4. The van der Waals surface area contributed by atoms with Crippen LogP contribution in [0.4, 0.5) is 0 Å². The van der Waals surface area contributed by atoms with Gasteiger partial charge >= 0.3 is 0 Å². The number of hydrogen-bond acceptors (Lipinski definition) is 4. The normalized spacial score (nSPS) is 10.6. The molecule has 0 aromatic heterocycles. The number of likely N-dealkylation sites (N-methyl/N-ethyl adjacent to an activating group) is 1. The molecule has 33 heavy (non-hydrogen) atoms. The molecule has 0 saturated carbocycles. The Hall–Kier alpha value is -3.63. The molecule has 0 saturated heterocycles. The second kappa shape index (κ2) is 14.4. The molecule has 0 radical (unpaired) electrons. The maximum atomic E-state index is 12.2. The number of carbonyl (C=O) groups excluding carboxylic acids is 3. The molecule has 4 N–H and O–H groups in total. The molecule has 7 heteroatoms. The summed E-state index contributed by atoms with van der Waals surface area (Å²) >= 11 is 0.